The van der Waals surface area contributed by atoms with Gasteiger partial charge in [0.15, 0.2) is 0 Å². The van der Waals surface area contributed by atoms with Crippen molar-refractivity contribution in [3.63, 3.8) is 0 Å². The lowest BCUT2D eigenvalue weighted by Crippen LogP contribution is -2.20. The van der Waals surface area contributed by atoms with Gasteiger partial charge in [0.25, 0.3) is 0 Å². The minimum Gasteiger partial charge on any atom is -0.254 e. The predicted molar refractivity (Wildman–Crippen MR) is 113 cm³/mol. The van der Waals surface area contributed by atoms with E-state index in [1.807, 2.05) is 30.3 Å². The van der Waals surface area contributed by atoms with Gasteiger partial charge >= 0.3 is 0 Å². The molecule has 0 saturated carbocycles. The fourth-order valence-electron chi connectivity index (χ4n) is 3.20. The Morgan fingerprint density at radius 3 is 2.44 bits per heavy atom. The zero-order valence-electron chi connectivity index (χ0n) is 14.0. The summed E-state index contributed by atoms with van der Waals surface area (Å²) in [5, 5.41) is 7.56. The van der Waals surface area contributed by atoms with Crippen LogP contribution in [0.3, 0.4) is 0 Å². The molecular weight excluding hydrogens is 450 g/mol. The van der Waals surface area contributed by atoms with Gasteiger partial charge in [0.2, 0.25) is 0 Å². The number of rotatable bonds is 3. The molecule has 1 heterocycles. The molecule has 0 fully saturated rings. The van der Waals surface area contributed by atoms with Gasteiger partial charge in [0.1, 0.15) is 5.82 Å². The van der Waals surface area contributed by atoms with Crippen molar-refractivity contribution in [2.75, 3.05) is 5.01 Å². The van der Waals surface area contributed by atoms with E-state index in [-0.39, 0.29) is 11.9 Å². The van der Waals surface area contributed by atoms with E-state index in [0.29, 0.717) is 22.2 Å². The lowest BCUT2D eigenvalue weighted by atomic mass is 9.98. The lowest BCUT2D eigenvalue weighted by Gasteiger charge is -2.25. The summed E-state index contributed by atoms with van der Waals surface area (Å²) in [6.07, 6.45) is 0.608. The van der Waals surface area contributed by atoms with Crippen LogP contribution in [-0.4, -0.2) is 5.71 Å². The molecule has 1 aliphatic rings. The molecule has 4 rings (SSSR count). The zero-order chi connectivity index (χ0) is 19.0. The van der Waals surface area contributed by atoms with E-state index in [1.165, 1.54) is 6.07 Å². The number of anilines is 1. The van der Waals surface area contributed by atoms with Gasteiger partial charge in [0, 0.05) is 20.9 Å². The van der Waals surface area contributed by atoms with Crippen LogP contribution in [0.25, 0.3) is 0 Å². The normalized spacial score (nSPS) is 16.5. The van der Waals surface area contributed by atoms with Gasteiger partial charge in [-0.3, -0.25) is 5.01 Å². The van der Waals surface area contributed by atoms with Crippen LogP contribution in [0.5, 0.6) is 0 Å². The second-order valence-corrected chi connectivity index (χ2v) is 7.99. The fourth-order valence-corrected chi connectivity index (χ4v) is 4.00. The number of halogens is 4. The highest BCUT2D eigenvalue weighted by molar-refractivity contribution is 9.10. The molecule has 1 aliphatic heterocycles. The molecule has 136 valence electrons. The van der Waals surface area contributed by atoms with Crippen LogP contribution in [-0.2, 0) is 0 Å². The largest absolute Gasteiger partial charge is 0.254 e. The molecule has 0 saturated heterocycles. The summed E-state index contributed by atoms with van der Waals surface area (Å²) in [4.78, 5) is 0. The number of hydrogen-bond donors (Lipinski definition) is 0. The summed E-state index contributed by atoms with van der Waals surface area (Å²) < 4.78 is 15.5. The van der Waals surface area contributed by atoms with Crippen molar-refractivity contribution in [1.82, 2.24) is 0 Å². The van der Waals surface area contributed by atoms with Gasteiger partial charge in [-0.2, -0.15) is 5.10 Å². The van der Waals surface area contributed by atoms with Gasteiger partial charge in [0.05, 0.1) is 17.4 Å². The monoisotopic (exact) mass is 462 g/mol. The zero-order valence-corrected chi connectivity index (χ0v) is 17.1. The summed E-state index contributed by atoms with van der Waals surface area (Å²) in [5.74, 6) is -0.326. The molecule has 0 amide bonds. The average molecular weight is 464 g/mol. The molecule has 3 aromatic carbocycles. The SMILES string of the molecule is Fc1ccccc1N1N=C(c2ccc(Br)cc2)C[C@@H]1c1ccc(Cl)cc1Cl. The first-order chi connectivity index (χ1) is 13.0. The summed E-state index contributed by atoms with van der Waals surface area (Å²) in [6, 6.07) is 19.7. The molecule has 3 aromatic rings. The molecule has 0 aromatic heterocycles. The maximum absolute atomic E-state index is 14.5. The lowest BCUT2D eigenvalue weighted by molar-refractivity contribution is 0.606. The van der Waals surface area contributed by atoms with Gasteiger partial charge in [-0.15, -0.1) is 0 Å². The first-order valence-corrected chi connectivity index (χ1v) is 9.90. The van der Waals surface area contributed by atoms with Crippen molar-refractivity contribution in [3.05, 3.63) is 98.2 Å². The van der Waals surface area contributed by atoms with Crippen molar-refractivity contribution in [1.29, 1.82) is 0 Å². The highest BCUT2D eigenvalue weighted by Gasteiger charge is 2.32. The van der Waals surface area contributed by atoms with Crippen molar-refractivity contribution in [3.8, 4) is 0 Å². The molecule has 0 radical (unpaired) electrons. The van der Waals surface area contributed by atoms with Crippen molar-refractivity contribution < 1.29 is 4.39 Å². The molecular formula is C21H14BrCl2FN2. The van der Waals surface area contributed by atoms with Crippen LogP contribution >= 0.6 is 39.1 Å². The van der Waals surface area contributed by atoms with E-state index in [1.54, 1.807) is 35.3 Å². The summed E-state index contributed by atoms with van der Waals surface area (Å²) in [7, 11) is 0. The van der Waals surface area contributed by atoms with E-state index in [9.17, 15) is 4.39 Å². The first kappa shape index (κ1) is 18.5. The maximum atomic E-state index is 14.5. The van der Waals surface area contributed by atoms with E-state index in [2.05, 4.69) is 15.9 Å². The van der Waals surface area contributed by atoms with E-state index >= 15 is 0 Å². The smallest absolute Gasteiger partial charge is 0.148 e. The Bertz CT molecular complexity index is 1020. The van der Waals surface area contributed by atoms with E-state index in [4.69, 9.17) is 28.3 Å². The Morgan fingerprint density at radius 1 is 1.00 bits per heavy atom. The Morgan fingerprint density at radius 2 is 1.74 bits per heavy atom. The van der Waals surface area contributed by atoms with Gasteiger partial charge in [-0.1, -0.05) is 69.5 Å². The fraction of sp³-hybridized carbons (Fsp3) is 0.0952. The molecule has 0 aliphatic carbocycles. The number of para-hydroxylation sites is 1. The summed E-state index contributed by atoms with van der Waals surface area (Å²) in [6.45, 7) is 0. The Labute approximate surface area is 175 Å². The molecule has 27 heavy (non-hydrogen) atoms. The molecule has 0 N–H and O–H groups in total. The van der Waals surface area contributed by atoms with Crippen LogP contribution in [0.15, 0.2) is 76.3 Å². The third kappa shape index (κ3) is 3.75. The quantitative estimate of drug-likeness (QED) is 0.399. The number of hydrogen-bond acceptors (Lipinski definition) is 2. The Kier molecular flexibility index (Phi) is 5.22. The summed E-state index contributed by atoms with van der Waals surface area (Å²) in [5.41, 5.74) is 3.15. The molecule has 1 atom stereocenters. The topological polar surface area (TPSA) is 15.6 Å². The highest BCUT2D eigenvalue weighted by Crippen LogP contribution is 2.40. The number of hydrazone groups is 1. The van der Waals surface area contributed by atoms with Gasteiger partial charge in [-0.05, 0) is 47.5 Å². The van der Waals surface area contributed by atoms with Gasteiger partial charge < -0.3 is 0 Å². The maximum Gasteiger partial charge on any atom is 0.148 e. The molecule has 6 heteroatoms. The Balaban J connectivity index is 1.80. The average Bonchev–Trinajstić information content (AvgIpc) is 3.07. The van der Waals surface area contributed by atoms with Crippen molar-refractivity contribution >= 4 is 50.5 Å². The van der Waals surface area contributed by atoms with Crippen LogP contribution in [0, 0.1) is 5.82 Å². The first-order valence-electron chi connectivity index (χ1n) is 8.35. The Hall–Kier alpha value is -1.88. The van der Waals surface area contributed by atoms with Crippen LogP contribution in [0.1, 0.15) is 23.6 Å². The molecule has 0 spiro atoms. The van der Waals surface area contributed by atoms with Crippen LogP contribution < -0.4 is 5.01 Å². The predicted octanol–water partition coefficient (Wildman–Crippen LogP) is 7.25. The van der Waals surface area contributed by atoms with Gasteiger partial charge in [-0.25, -0.2) is 4.39 Å². The number of nitrogens with zero attached hydrogens (tertiary/aromatic N) is 2. The van der Waals surface area contributed by atoms with Crippen molar-refractivity contribution in [2.24, 2.45) is 5.10 Å². The van der Waals surface area contributed by atoms with E-state index < -0.39 is 0 Å². The highest BCUT2D eigenvalue weighted by atomic mass is 79.9. The van der Waals surface area contributed by atoms with Crippen LogP contribution in [0.2, 0.25) is 10.0 Å². The van der Waals surface area contributed by atoms with Crippen molar-refractivity contribution in [2.45, 2.75) is 12.5 Å². The molecule has 2 nitrogen and oxygen atoms in total. The third-order valence-electron chi connectivity index (χ3n) is 4.51. The summed E-state index contributed by atoms with van der Waals surface area (Å²) >= 11 is 16.0. The second-order valence-electron chi connectivity index (χ2n) is 6.24. The molecule has 0 bridgehead atoms. The second kappa shape index (κ2) is 7.63. The number of benzene rings is 3. The standard InChI is InChI=1S/C21H14BrCl2FN2/c22-14-7-5-13(6-8-14)19-12-21(16-10-9-15(23)11-17(16)24)27(26-19)20-4-2-1-3-18(20)25/h1-11,21H,12H2/t21-/m1/s1. The molecule has 0 unspecified atom stereocenters. The third-order valence-corrected chi connectivity index (χ3v) is 5.60. The minimum atomic E-state index is -0.326. The van der Waals surface area contributed by atoms with Crippen LogP contribution in [0.4, 0.5) is 10.1 Å². The van der Waals surface area contributed by atoms with E-state index in [0.717, 1.165) is 21.3 Å². The minimum absolute atomic E-state index is 0.217.